The van der Waals surface area contributed by atoms with Crippen LogP contribution in [0.15, 0.2) is 99.7 Å². The van der Waals surface area contributed by atoms with E-state index in [1.54, 1.807) is 11.8 Å². The maximum atomic E-state index is 5.14. The average molecular weight is 651 g/mol. The Labute approximate surface area is 251 Å². The number of hydrogen-bond acceptors (Lipinski definition) is 3. The number of aliphatic imine (C=N–C) groups is 1. The standard InChI is InChI=1S/C25H29N2PS.C4H7O.3ClH.Cr/c1-19(2)28(20(3)4)27-25(21-13-7-5-8-14-21)26-23-17-11-12-18-24(23)29-22-15-9-6-10-16-22;1-2-4-5-3-1;;;;/h5-20H,1-4H3,(H,26,27);3H,1-2,4H2;3*1H;/q;-1;;;;+4/p-2. The molecule has 3 aromatic rings. The molecule has 0 saturated carbocycles. The van der Waals surface area contributed by atoms with E-state index in [1.807, 2.05) is 12.7 Å². The van der Waals surface area contributed by atoms with Gasteiger partial charge in [-0.15, -0.1) is 0 Å². The fraction of sp³-hybridized carbons (Fsp3) is 0.310. The second-order valence-corrected chi connectivity index (χ2v) is 19.9. The first-order valence-electron chi connectivity index (χ1n) is 12.5. The Bertz CT molecular complexity index is 1050. The topological polar surface area (TPSA) is 33.6 Å². The molecule has 0 bridgehead atoms. The minimum atomic E-state index is -1.62. The molecule has 0 atom stereocenters. The Morgan fingerprint density at radius 2 is 1.45 bits per heavy atom. The average Bonchev–Trinajstić information content (AvgIpc) is 3.48. The van der Waals surface area contributed by atoms with Crippen LogP contribution in [-0.4, -0.2) is 23.8 Å². The van der Waals surface area contributed by atoms with Crippen LogP contribution in [0.5, 0.6) is 0 Å². The van der Waals surface area contributed by atoms with Crippen LogP contribution in [0, 0.1) is 6.61 Å². The van der Waals surface area contributed by atoms with Gasteiger partial charge in [0, 0.05) is 22.0 Å². The van der Waals surface area contributed by atoms with Gasteiger partial charge in [0.25, 0.3) is 0 Å². The van der Waals surface area contributed by atoms with Gasteiger partial charge in [0.15, 0.2) is 5.84 Å². The zero-order chi connectivity index (χ0) is 27.8. The summed E-state index contributed by atoms with van der Waals surface area (Å²) in [4.78, 5) is 7.52. The summed E-state index contributed by atoms with van der Waals surface area (Å²) in [5, 5.41) is 3.85. The van der Waals surface area contributed by atoms with Gasteiger partial charge in [-0.1, -0.05) is 78.8 Å². The molecule has 1 aliphatic rings. The molecule has 3 nitrogen and oxygen atoms in total. The Morgan fingerprint density at radius 1 is 0.895 bits per heavy atom. The van der Waals surface area contributed by atoms with Crippen molar-refractivity contribution in [2.24, 2.45) is 4.99 Å². The summed E-state index contributed by atoms with van der Waals surface area (Å²) in [5.41, 5.74) is 3.36. The number of nitrogens with one attached hydrogen (secondary N) is 1. The van der Waals surface area contributed by atoms with Crippen LogP contribution in [0.3, 0.4) is 0 Å². The first-order chi connectivity index (χ1) is 18.3. The first-order valence-corrected chi connectivity index (χ1v) is 20.3. The van der Waals surface area contributed by atoms with Gasteiger partial charge in [-0.2, -0.15) is 6.42 Å². The van der Waals surface area contributed by atoms with Gasteiger partial charge in [0.05, 0.1) is 25.1 Å². The molecule has 4 rings (SSSR count). The molecule has 1 heterocycles. The van der Waals surface area contributed by atoms with E-state index in [4.69, 9.17) is 39.9 Å². The third-order valence-electron chi connectivity index (χ3n) is 5.32. The Kier molecular flexibility index (Phi) is 17.1. The number of amidine groups is 1. The predicted molar refractivity (Wildman–Crippen MR) is 168 cm³/mol. The predicted octanol–water partition coefficient (Wildman–Crippen LogP) is 10.5. The summed E-state index contributed by atoms with van der Waals surface area (Å²) in [6.45, 7) is 12.0. The third-order valence-corrected chi connectivity index (χ3v) is 9.41. The molecular weight excluding hydrogens is 614 g/mol. The summed E-state index contributed by atoms with van der Waals surface area (Å²) in [6, 6.07) is 29.4. The molecule has 9 heteroatoms. The van der Waals surface area contributed by atoms with Crippen molar-refractivity contribution in [1.82, 2.24) is 5.09 Å². The van der Waals surface area contributed by atoms with Gasteiger partial charge in [0.1, 0.15) is 0 Å². The van der Waals surface area contributed by atoms with Gasteiger partial charge >= 0.3 is 41.5 Å². The van der Waals surface area contributed by atoms with Crippen LogP contribution in [-0.2, 0) is 16.1 Å². The van der Waals surface area contributed by atoms with Crippen molar-refractivity contribution in [2.75, 3.05) is 6.61 Å². The van der Waals surface area contributed by atoms with E-state index in [0.29, 0.717) is 11.3 Å². The number of halogens is 3. The summed E-state index contributed by atoms with van der Waals surface area (Å²) in [7, 11) is 14.0. The van der Waals surface area contributed by atoms with Crippen molar-refractivity contribution in [3.05, 3.63) is 97.1 Å². The molecule has 0 spiro atoms. The molecule has 38 heavy (non-hydrogen) atoms. The Hall–Kier alpha value is -0.728. The van der Waals surface area contributed by atoms with Gasteiger partial charge in [-0.3, -0.25) is 0 Å². The molecular formula is C29H37Cl3CrN2OPS+. The van der Waals surface area contributed by atoms with Crippen molar-refractivity contribution >= 4 is 61.5 Å². The quantitative estimate of drug-likeness (QED) is 0.120. The van der Waals surface area contributed by atoms with E-state index in [1.165, 1.54) is 11.3 Å². The number of para-hydroxylation sites is 1. The van der Waals surface area contributed by atoms with Crippen molar-refractivity contribution in [3.63, 3.8) is 0 Å². The van der Waals surface area contributed by atoms with Crippen LogP contribution in [0.4, 0.5) is 5.69 Å². The molecule has 1 saturated heterocycles. The van der Waals surface area contributed by atoms with Crippen LogP contribution in [0.25, 0.3) is 0 Å². The summed E-state index contributed by atoms with van der Waals surface area (Å²) in [6.07, 6.45) is 2.38. The Balaban J connectivity index is 0.000000479. The van der Waals surface area contributed by atoms with Crippen LogP contribution < -0.4 is 5.09 Å². The fourth-order valence-electron chi connectivity index (χ4n) is 3.64. The third kappa shape index (κ3) is 13.6. The fourth-order valence-corrected chi connectivity index (χ4v) is 6.94. The van der Waals surface area contributed by atoms with Gasteiger partial charge in [-0.05, 0) is 52.0 Å². The first kappa shape index (κ1) is 33.5. The van der Waals surface area contributed by atoms with Gasteiger partial charge in [-0.25, -0.2) is 16.7 Å². The molecule has 0 amide bonds. The molecule has 1 aliphatic heterocycles. The van der Waals surface area contributed by atoms with E-state index < -0.39 is 19.5 Å². The number of ether oxygens (including phenoxy) is 1. The molecule has 0 aromatic heterocycles. The number of benzene rings is 3. The van der Waals surface area contributed by atoms with Gasteiger partial charge in [0.2, 0.25) is 0 Å². The van der Waals surface area contributed by atoms with Crippen LogP contribution in [0.2, 0.25) is 0 Å². The molecule has 0 aliphatic carbocycles. The summed E-state index contributed by atoms with van der Waals surface area (Å²) < 4.78 is 4.82. The van der Waals surface area contributed by atoms with Crippen molar-refractivity contribution in [3.8, 4) is 0 Å². The van der Waals surface area contributed by atoms with Crippen LogP contribution in [0.1, 0.15) is 46.1 Å². The minimum absolute atomic E-state index is 0.614. The number of rotatable bonds is 7. The zero-order valence-electron chi connectivity index (χ0n) is 22.2. The summed E-state index contributed by atoms with van der Waals surface area (Å²) in [5.74, 6) is 0.975. The molecule has 0 unspecified atom stereocenters. The molecule has 3 aromatic carbocycles. The summed E-state index contributed by atoms with van der Waals surface area (Å²) >= 11 is 0.131. The van der Waals surface area contributed by atoms with E-state index >= 15 is 0 Å². The van der Waals surface area contributed by atoms with E-state index in [2.05, 4.69) is 112 Å². The zero-order valence-corrected chi connectivity index (χ0v) is 27.6. The SMILES string of the molecule is CC(C)[PH+](NC(=Nc1ccccc1Sc1ccccc1)c1ccccc1)C(C)C.[CH-]1CCCO1.[Cl][Cr+]([Cl])[Cl]. The second kappa shape index (κ2) is 19.4. The van der Waals surface area contributed by atoms with Crippen molar-refractivity contribution in [2.45, 2.75) is 61.6 Å². The number of hydrogen-bond donors (Lipinski definition) is 1. The monoisotopic (exact) mass is 649 g/mol. The molecule has 1 fully saturated rings. The second-order valence-electron chi connectivity index (χ2n) is 8.95. The van der Waals surface area contributed by atoms with Crippen molar-refractivity contribution < 1.29 is 16.1 Å². The normalized spacial score (nSPS) is 13.3. The molecule has 206 valence electrons. The van der Waals surface area contributed by atoms with E-state index in [0.717, 1.165) is 35.0 Å². The molecule has 0 radical (unpaired) electrons. The van der Waals surface area contributed by atoms with E-state index in [9.17, 15) is 0 Å². The molecule has 1 N–H and O–H groups in total. The maximum absolute atomic E-state index is 5.14. The van der Waals surface area contributed by atoms with E-state index in [-0.39, 0.29) is 0 Å². The van der Waals surface area contributed by atoms with Crippen molar-refractivity contribution in [1.29, 1.82) is 0 Å². The number of nitrogens with zero attached hydrogens (tertiary/aromatic N) is 1. The van der Waals surface area contributed by atoms with Gasteiger partial charge < -0.3 is 4.74 Å². The Morgan fingerprint density at radius 3 is 1.95 bits per heavy atom. The van der Waals surface area contributed by atoms with Crippen LogP contribution >= 0.6 is 50.0 Å².